The molecular formula is C23H21N3S. The van der Waals surface area contributed by atoms with Crippen molar-refractivity contribution in [2.24, 2.45) is 5.92 Å². The van der Waals surface area contributed by atoms with Crippen molar-refractivity contribution in [3.8, 4) is 12.1 Å². The standard InChI is InChI=1S/C23H21N3S/c1-2-26-21-5-3-4-6-22(21)27-23(26)12-16-7-8-17-9-10-18(13-19(17)11-16)20(14-24)15-25/h3-6,11-13,17H,2,7-10H2,1H3. The molecule has 27 heavy (non-hydrogen) atoms. The molecule has 134 valence electrons. The molecule has 1 aromatic rings. The smallest absolute Gasteiger partial charge is 0.132 e. The molecule has 1 unspecified atom stereocenters. The fraction of sp³-hybridized carbons (Fsp3) is 0.304. The monoisotopic (exact) mass is 371 g/mol. The summed E-state index contributed by atoms with van der Waals surface area (Å²) in [6, 6.07) is 12.6. The second-order valence-corrected chi connectivity index (χ2v) is 8.12. The minimum atomic E-state index is 0.263. The summed E-state index contributed by atoms with van der Waals surface area (Å²) in [5.74, 6) is 0.560. The van der Waals surface area contributed by atoms with Gasteiger partial charge in [0.05, 0.1) is 10.7 Å². The summed E-state index contributed by atoms with van der Waals surface area (Å²) >= 11 is 1.84. The SMILES string of the molecule is CCN1C(=CC2=CC3=CC(=C(C#N)C#N)CCC3CC2)Sc2ccccc21. The highest BCUT2D eigenvalue weighted by Crippen LogP contribution is 2.47. The van der Waals surface area contributed by atoms with Crippen LogP contribution in [0.25, 0.3) is 0 Å². The van der Waals surface area contributed by atoms with E-state index in [0.717, 1.165) is 37.8 Å². The van der Waals surface area contributed by atoms with Gasteiger partial charge in [-0.05, 0) is 73.5 Å². The summed E-state index contributed by atoms with van der Waals surface area (Å²) < 4.78 is 0. The first kappa shape index (κ1) is 17.7. The van der Waals surface area contributed by atoms with Gasteiger partial charge in [-0.25, -0.2) is 0 Å². The zero-order valence-corrected chi connectivity index (χ0v) is 16.2. The Labute approximate surface area is 165 Å². The number of nitrogens with zero attached hydrogens (tertiary/aromatic N) is 3. The van der Waals surface area contributed by atoms with Gasteiger partial charge in [0.25, 0.3) is 0 Å². The molecule has 0 N–H and O–H groups in total. The number of anilines is 1. The van der Waals surface area contributed by atoms with Crippen LogP contribution >= 0.6 is 11.8 Å². The average Bonchev–Trinajstić information content (AvgIpc) is 3.05. The van der Waals surface area contributed by atoms with E-state index in [2.05, 4.69) is 54.3 Å². The van der Waals surface area contributed by atoms with Crippen LogP contribution in [-0.4, -0.2) is 6.54 Å². The van der Waals surface area contributed by atoms with Crippen molar-refractivity contribution in [1.29, 1.82) is 10.5 Å². The van der Waals surface area contributed by atoms with Gasteiger partial charge in [0.1, 0.15) is 17.7 Å². The number of hydrogen-bond acceptors (Lipinski definition) is 4. The maximum Gasteiger partial charge on any atom is 0.132 e. The van der Waals surface area contributed by atoms with E-state index >= 15 is 0 Å². The molecule has 1 heterocycles. The predicted octanol–water partition coefficient (Wildman–Crippen LogP) is 5.86. The van der Waals surface area contributed by atoms with Crippen LogP contribution in [0.3, 0.4) is 0 Å². The molecule has 0 bridgehead atoms. The highest BCUT2D eigenvalue weighted by atomic mass is 32.2. The van der Waals surface area contributed by atoms with E-state index in [0.29, 0.717) is 5.92 Å². The molecule has 0 saturated heterocycles. The number of para-hydroxylation sites is 1. The predicted molar refractivity (Wildman–Crippen MR) is 110 cm³/mol. The van der Waals surface area contributed by atoms with Crippen LogP contribution in [0.4, 0.5) is 5.69 Å². The molecule has 1 aliphatic heterocycles. The molecule has 4 rings (SSSR count). The van der Waals surface area contributed by atoms with Gasteiger partial charge < -0.3 is 4.90 Å². The van der Waals surface area contributed by atoms with Gasteiger partial charge in [-0.1, -0.05) is 36.0 Å². The number of benzene rings is 1. The van der Waals surface area contributed by atoms with Crippen LogP contribution in [0, 0.1) is 28.6 Å². The van der Waals surface area contributed by atoms with Gasteiger partial charge in [-0.15, -0.1) is 0 Å². The summed E-state index contributed by atoms with van der Waals surface area (Å²) in [6.07, 6.45) is 10.8. The quantitative estimate of drug-likeness (QED) is 0.611. The average molecular weight is 372 g/mol. The first-order chi connectivity index (χ1) is 13.2. The molecule has 0 aromatic heterocycles. The molecule has 0 amide bonds. The Hall–Kier alpha value is -2.69. The second-order valence-electron chi connectivity index (χ2n) is 7.06. The number of thioether (sulfide) groups is 1. The van der Waals surface area contributed by atoms with Crippen LogP contribution in [0.15, 0.2) is 74.7 Å². The Morgan fingerprint density at radius 3 is 2.74 bits per heavy atom. The molecule has 3 aliphatic rings. The summed E-state index contributed by atoms with van der Waals surface area (Å²) in [5, 5.41) is 19.6. The number of fused-ring (bicyclic) bond motifs is 2. The van der Waals surface area contributed by atoms with Crippen molar-refractivity contribution in [2.75, 3.05) is 11.4 Å². The summed E-state index contributed by atoms with van der Waals surface area (Å²) in [6.45, 7) is 3.14. The molecule has 0 spiro atoms. The van der Waals surface area contributed by atoms with E-state index < -0.39 is 0 Å². The van der Waals surface area contributed by atoms with Gasteiger partial charge >= 0.3 is 0 Å². The maximum absolute atomic E-state index is 9.17. The van der Waals surface area contributed by atoms with Crippen LogP contribution in [0.2, 0.25) is 0 Å². The molecule has 4 heteroatoms. The Morgan fingerprint density at radius 2 is 1.96 bits per heavy atom. The molecule has 2 aliphatic carbocycles. The van der Waals surface area contributed by atoms with Crippen LogP contribution in [0.5, 0.6) is 0 Å². The Morgan fingerprint density at radius 1 is 1.19 bits per heavy atom. The van der Waals surface area contributed by atoms with Gasteiger partial charge in [-0.3, -0.25) is 0 Å². The molecule has 0 fully saturated rings. The third-order valence-corrected chi connectivity index (χ3v) is 6.63. The fourth-order valence-electron chi connectivity index (χ4n) is 4.11. The summed E-state index contributed by atoms with van der Waals surface area (Å²) in [4.78, 5) is 3.69. The Kier molecular flexibility index (Phi) is 4.92. The van der Waals surface area contributed by atoms with E-state index in [9.17, 15) is 0 Å². The zero-order chi connectivity index (χ0) is 18.8. The molecule has 1 aromatic carbocycles. The topological polar surface area (TPSA) is 50.8 Å². The van der Waals surface area contributed by atoms with E-state index in [1.54, 1.807) is 0 Å². The van der Waals surface area contributed by atoms with Crippen molar-refractivity contribution < 1.29 is 0 Å². The largest absolute Gasteiger partial charge is 0.335 e. The van der Waals surface area contributed by atoms with Crippen LogP contribution in [0.1, 0.15) is 32.6 Å². The van der Waals surface area contributed by atoms with Gasteiger partial charge in [0.15, 0.2) is 0 Å². The lowest BCUT2D eigenvalue weighted by Gasteiger charge is -2.28. The lowest BCUT2D eigenvalue weighted by molar-refractivity contribution is 0.501. The molecule has 0 saturated carbocycles. The van der Waals surface area contributed by atoms with E-state index in [1.165, 1.54) is 26.8 Å². The van der Waals surface area contributed by atoms with Crippen molar-refractivity contribution in [3.63, 3.8) is 0 Å². The molecule has 1 atom stereocenters. The third-order valence-electron chi connectivity index (χ3n) is 5.51. The zero-order valence-electron chi connectivity index (χ0n) is 15.4. The summed E-state index contributed by atoms with van der Waals surface area (Å²) in [7, 11) is 0. The highest BCUT2D eigenvalue weighted by Gasteiger charge is 2.26. The van der Waals surface area contributed by atoms with Crippen LogP contribution in [-0.2, 0) is 0 Å². The number of allylic oxidation sites excluding steroid dienone is 7. The normalized spacial score (nSPS) is 22.3. The van der Waals surface area contributed by atoms with Crippen molar-refractivity contribution in [2.45, 2.75) is 37.5 Å². The second kappa shape index (κ2) is 7.51. The van der Waals surface area contributed by atoms with E-state index in [-0.39, 0.29) is 5.57 Å². The van der Waals surface area contributed by atoms with Crippen molar-refractivity contribution >= 4 is 17.4 Å². The van der Waals surface area contributed by atoms with Crippen molar-refractivity contribution in [1.82, 2.24) is 0 Å². The van der Waals surface area contributed by atoms with Crippen LogP contribution < -0.4 is 4.90 Å². The third kappa shape index (κ3) is 3.34. The Balaban J connectivity index is 1.67. The van der Waals surface area contributed by atoms with E-state index in [4.69, 9.17) is 10.5 Å². The summed E-state index contributed by atoms with van der Waals surface area (Å²) in [5.41, 5.74) is 5.07. The van der Waals surface area contributed by atoms with Gasteiger partial charge in [-0.2, -0.15) is 10.5 Å². The minimum absolute atomic E-state index is 0.263. The first-order valence-electron chi connectivity index (χ1n) is 9.45. The Bertz CT molecular complexity index is 966. The van der Waals surface area contributed by atoms with Gasteiger partial charge in [0, 0.05) is 11.4 Å². The molecule has 3 nitrogen and oxygen atoms in total. The number of nitriles is 2. The fourth-order valence-corrected chi connectivity index (χ4v) is 5.31. The number of rotatable bonds is 2. The van der Waals surface area contributed by atoms with E-state index in [1.807, 2.05) is 23.9 Å². The highest BCUT2D eigenvalue weighted by molar-refractivity contribution is 8.03. The lowest BCUT2D eigenvalue weighted by atomic mass is 9.77. The van der Waals surface area contributed by atoms with Gasteiger partial charge in [0.2, 0.25) is 0 Å². The molecule has 0 radical (unpaired) electrons. The molecular weight excluding hydrogens is 350 g/mol. The first-order valence-corrected chi connectivity index (χ1v) is 10.3. The maximum atomic E-state index is 9.17. The lowest BCUT2D eigenvalue weighted by Crippen LogP contribution is -2.17. The minimum Gasteiger partial charge on any atom is -0.335 e. The van der Waals surface area contributed by atoms with Crippen molar-refractivity contribution in [3.05, 3.63) is 69.8 Å². The number of hydrogen-bond donors (Lipinski definition) is 0.